The third kappa shape index (κ3) is 1.95. The Bertz CT molecular complexity index is 219. The van der Waals surface area contributed by atoms with Crippen LogP contribution in [0.25, 0.3) is 0 Å². The fourth-order valence-electron chi connectivity index (χ4n) is 3.48. The Morgan fingerprint density at radius 3 is 2.07 bits per heavy atom. The molecule has 0 amide bonds. The normalized spacial score (nSPS) is 35.2. The Balaban J connectivity index is 1.95. The zero-order valence-corrected chi connectivity index (χ0v) is 10.7. The lowest BCUT2D eigenvalue weighted by atomic mass is 9.64. The first-order chi connectivity index (χ1) is 6.99. The second-order valence-electron chi connectivity index (χ2n) is 6.50. The van der Waals surface area contributed by atoms with Crippen LogP contribution in [0.15, 0.2) is 0 Å². The van der Waals surface area contributed by atoms with Crippen LogP contribution in [0.3, 0.4) is 0 Å². The molecule has 0 atom stereocenters. The van der Waals surface area contributed by atoms with Gasteiger partial charge in [-0.25, -0.2) is 0 Å². The molecule has 2 aliphatic rings. The summed E-state index contributed by atoms with van der Waals surface area (Å²) in [6, 6.07) is 0. The molecule has 15 heavy (non-hydrogen) atoms. The molecule has 0 aromatic rings. The Morgan fingerprint density at radius 1 is 1.13 bits per heavy atom. The maximum Gasteiger partial charge on any atom is 0.0210 e. The number of nitrogens with two attached hydrogens (primary N) is 1. The van der Waals surface area contributed by atoms with Crippen molar-refractivity contribution in [1.29, 1.82) is 0 Å². The van der Waals surface area contributed by atoms with E-state index >= 15 is 0 Å². The van der Waals surface area contributed by atoms with Gasteiger partial charge >= 0.3 is 0 Å². The average Bonchev–Trinajstić information content (AvgIpc) is 2.98. The molecule has 0 unspecified atom stereocenters. The average molecular weight is 209 g/mol. The lowest BCUT2D eigenvalue weighted by Gasteiger charge is -2.43. The van der Waals surface area contributed by atoms with Crippen molar-refractivity contribution in [1.82, 2.24) is 0 Å². The van der Waals surface area contributed by atoms with Crippen molar-refractivity contribution in [2.24, 2.45) is 23.0 Å². The van der Waals surface area contributed by atoms with Crippen molar-refractivity contribution in [3.63, 3.8) is 0 Å². The van der Waals surface area contributed by atoms with Crippen molar-refractivity contribution in [3.05, 3.63) is 0 Å². The van der Waals surface area contributed by atoms with Crippen molar-refractivity contribution in [2.75, 3.05) is 0 Å². The summed E-state index contributed by atoms with van der Waals surface area (Å²) in [5.41, 5.74) is 6.99. The highest BCUT2D eigenvalue weighted by Gasteiger charge is 2.54. The van der Waals surface area contributed by atoms with Crippen LogP contribution in [0.5, 0.6) is 0 Å². The Hall–Kier alpha value is -0.0400. The van der Waals surface area contributed by atoms with E-state index in [0.717, 1.165) is 11.8 Å². The monoisotopic (exact) mass is 209 g/mol. The van der Waals surface area contributed by atoms with Gasteiger partial charge in [0, 0.05) is 5.54 Å². The molecule has 0 bridgehead atoms. The van der Waals surface area contributed by atoms with Crippen LogP contribution in [-0.4, -0.2) is 5.54 Å². The van der Waals surface area contributed by atoms with E-state index in [1.165, 1.54) is 44.9 Å². The van der Waals surface area contributed by atoms with E-state index in [1.54, 1.807) is 0 Å². The molecule has 2 rings (SSSR count). The molecule has 0 saturated heterocycles. The molecule has 1 heteroatoms. The molecule has 2 saturated carbocycles. The second-order valence-corrected chi connectivity index (χ2v) is 6.50. The highest BCUT2D eigenvalue weighted by molar-refractivity contribution is 5.11. The van der Waals surface area contributed by atoms with E-state index in [0.29, 0.717) is 5.41 Å². The third-order valence-corrected chi connectivity index (χ3v) is 5.52. The minimum atomic E-state index is 0.191. The summed E-state index contributed by atoms with van der Waals surface area (Å²) in [5, 5.41) is 0. The first kappa shape index (κ1) is 11.4. The summed E-state index contributed by atoms with van der Waals surface area (Å²) < 4.78 is 0. The number of hydrogen-bond acceptors (Lipinski definition) is 1. The Morgan fingerprint density at radius 2 is 1.67 bits per heavy atom. The zero-order chi connectivity index (χ0) is 11.1. The van der Waals surface area contributed by atoms with Gasteiger partial charge in [0.05, 0.1) is 0 Å². The molecule has 0 aliphatic heterocycles. The van der Waals surface area contributed by atoms with E-state index in [1.807, 2.05) is 0 Å². The molecule has 2 aliphatic carbocycles. The molecule has 0 spiro atoms. The Labute approximate surface area is 94.8 Å². The van der Waals surface area contributed by atoms with Crippen LogP contribution in [0.1, 0.15) is 65.7 Å². The van der Waals surface area contributed by atoms with Crippen molar-refractivity contribution >= 4 is 0 Å². The standard InChI is InChI=1S/C14H27N/c1-4-11-5-7-12(8-6-11)13(2,3)14(15)9-10-14/h11-12H,4-10,15H2,1-3H3. The van der Waals surface area contributed by atoms with Gasteiger partial charge in [-0.05, 0) is 42.9 Å². The summed E-state index contributed by atoms with van der Waals surface area (Å²) in [5.74, 6) is 1.89. The minimum Gasteiger partial charge on any atom is -0.325 e. The van der Waals surface area contributed by atoms with Crippen molar-refractivity contribution < 1.29 is 0 Å². The topological polar surface area (TPSA) is 26.0 Å². The van der Waals surface area contributed by atoms with Crippen LogP contribution in [0.2, 0.25) is 0 Å². The zero-order valence-electron chi connectivity index (χ0n) is 10.7. The first-order valence-electron chi connectivity index (χ1n) is 6.78. The molecule has 2 N–H and O–H groups in total. The van der Waals surface area contributed by atoms with Crippen LogP contribution < -0.4 is 5.73 Å². The van der Waals surface area contributed by atoms with Gasteiger partial charge in [0.1, 0.15) is 0 Å². The summed E-state index contributed by atoms with van der Waals surface area (Å²) in [4.78, 5) is 0. The highest BCUT2D eigenvalue weighted by atomic mass is 14.9. The molecule has 0 radical (unpaired) electrons. The molecule has 2 fully saturated rings. The number of rotatable bonds is 3. The SMILES string of the molecule is CCC1CCC(C(C)(C)C2(N)CC2)CC1. The van der Waals surface area contributed by atoms with E-state index in [4.69, 9.17) is 5.73 Å². The quantitative estimate of drug-likeness (QED) is 0.753. The van der Waals surface area contributed by atoms with Gasteiger partial charge in [-0.1, -0.05) is 40.0 Å². The highest BCUT2D eigenvalue weighted by Crippen LogP contribution is 2.55. The van der Waals surface area contributed by atoms with Crippen molar-refractivity contribution in [3.8, 4) is 0 Å². The van der Waals surface area contributed by atoms with E-state index in [2.05, 4.69) is 20.8 Å². The maximum atomic E-state index is 6.42. The Kier molecular flexibility index (Phi) is 2.87. The second kappa shape index (κ2) is 3.76. The molecule has 1 nitrogen and oxygen atoms in total. The smallest absolute Gasteiger partial charge is 0.0210 e. The molecule has 0 heterocycles. The van der Waals surface area contributed by atoms with Crippen LogP contribution >= 0.6 is 0 Å². The number of hydrogen-bond donors (Lipinski definition) is 1. The molecular weight excluding hydrogens is 182 g/mol. The van der Waals surface area contributed by atoms with Crippen LogP contribution in [0, 0.1) is 17.3 Å². The summed E-state index contributed by atoms with van der Waals surface area (Å²) in [7, 11) is 0. The lowest BCUT2D eigenvalue weighted by Crippen LogP contribution is -2.46. The van der Waals surface area contributed by atoms with Gasteiger partial charge in [0.25, 0.3) is 0 Å². The lowest BCUT2D eigenvalue weighted by molar-refractivity contribution is 0.0936. The predicted octanol–water partition coefficient (Wildman–Crippen LogP) is 3.72. The van der Waals surface area contributed by atoms with Gasteiger partial charge < -0.3 is 5.73 Å². The van der Waals surface area contributed by atoms with Gasteiger partial charge in [0.2, 0.25) is 0 Å². The fourth-order valence-corrected chi connectivity index (χ4v) is 3.48. The van der Waals surface area contributed by atoms with E-state index in [-0.39, 0.29) is 5.54 Å². The van der Waals surface area contributed by atoms with E-state index < -0.39 is 0 Å². The third-order valence-electron chi connectivity index (χ3n) is 5.52. The van der Waals surface area contributed by atoms with Gasteiger partial charge in [-0.3, -0.25) is 0 Å². The maximum absolute atomic E-state index is 6.42. The molecular formula is C14H27N. The predicted molar refractivity (Wildman–Crippen MR) is 65.7 cm³/mol. The summed E-state index contributed by atoms with van der Waals surface area (Å²) in [6.07, 6.45) is 9.62. The largest absolute Gasteiger partial charge is 0.325 e. The van der Waals surface area contributed by atoms with Crippen molar-refractivity contribution in [2.45, 2.75) is 71.3 Å². The molecule has 0 aromatic heterocycles. The van der Waals surface area contributed by atoms with E-state index in [9.17, 15) is 0 Å². The van der Waals surface area contributed by atoms with Crippen LogP contribution in [0.4, 0.5) is 0 Å². The van der Waals surface area contributed by atoms with Gasteiger partial charge in [-0.2, -0.15) is 0 Å². The summed E-state index contributed by atoms with van der Waals surface area (Å²) in [6.45, 7) is 7.16. The fraction of sp³-hybridized carbons (Fsp3) is 1.00. The minimum absolute atomic E-state index is 0.191. The first-order valence-corrected chi connectivity index (χ1v) is 6.78. The van der Waals surface area contributed by atoms with Gasteiger partial charge in [-0.15, -0.1) is 0 Å². The van der Waals surface area contributed by atoms with Gasteiger partial charge in [0.15, 0.2) is 0 Å². The summed E-state index contributed by atoms with van der Waals surface area (Å²) >= 11 is 0. The molecule has 0 aromatic carbocycles. The molecule has 88 valence electrons. The van der Waals surface area contributed by atoms with Crippen LogP contribution in [-0.2, 0) is 0 Å².